The Labute approximate surface area is 189 Å². The third kappa shape index (κ3) is 3.28. The zero-order valence-corrected chi connectivity index (χ0v) is 18.9. The van der Waals surface area contributed by atoms with Gasteiger partial charge in [-0.25, -0.2) is 0 Å². The normalized spacial score (nSPS) is 14.0. The number of rotatable bonds is 4. The molecule has 0 unspecified atom stereocenters. The van der Waals surface area contributed by atoms with Crippen molar-refractivity contribution in [3.8, 4) is 5.75 Å². The third-order valence-corrected chi connectivity index (χ3v) is 6.14. The molecule has 0 atom stereocenters. The summed E-state index contributed by atoms with van der Waals surface area (Å²) >= 11 is 0. The smallest absolute Gasteiger partial charge is 0.194 e. The molecular formula is C28H27N3O. The average molecular weight is 422 g/mol. The summed E-state index contributed by atoms with van der Waals surface area (Å²) < 4.78 is 6.82. The minimum atomic E-state index is -0.800. The van der Waals surface area contributed by atoms with Crippen molar-refractivity contribution in [1.82, 2.24) is 0 Å². The Hall–Kier alpha value is -3.79. The van der Waals surface area contributed by atoms with E-state index in [-0.39, 0.29) is 0 Å². The van der Waals surface area contributed by atoms with Crippen molar-refractivity contribution in [3.05, 3.63) is 96.1 Å². The molecule has 160 valence electrons. The van der Waals surface area contributed by atoms with Crippen molar-refractivity contribution in [2.24, 2.45) is 4.99 Å². The standard InChI is InChI=1S/C28H27N3O/c1-30(2)23-14-10-21(11-15-23)28(22-12-16-24(17-13-22)31(3)4)19-29-27-25-8-6-5-7-20(25)9-18-26(27)32-28/h5-19H,1-4H3. The number of benzene rings is 4. The molecule has 0 aromatic heterocycles. The number of fused-ring (bicyclic) bond motifs is 3. The molecule has 1 heterocycles. The van der Waals surface area contributed by atoms with Gasteiger partial charge < -0.3 is 14.5 Å². The summed E-state index contributed by atoms with van der Waals surface area (Å²) in [6.45, 7) is 0. The predicted molar refractivity (Wildman–Crippen MR) is 135 cm³/mol. The van der Waals surface area contributed by atoms with E-state index in [9.17, 15) is 0 Å². The summed E-state index contributed by atoms with van der Waals surface area (Å²) in [7, 11) is 8.19. The number of hydrogen-bond acceptors (Lipinski definition) is 4. The number of nitrogens with zero attached hydrogens (tertiary/aromatic N) is 3. The monoisotopic (exact) mass is 421 g/mol. The van der Waals surface area contributed by atoms with Crippen LogP contribution in [-0.2, 0) is 5.60 Å². The Bertz CT molecular complexity index is 1240. The lowest BCUT2D eigenvalue weighted by Gasteiger charge is -2.35. The van der Waals surface area contributed by atoms with Crippen LogP contribution in [0.1, 0.15) is 11.1 Å². The van der Waals surface area contributed by atoms with Crippen LogP contribution in [0.2, 0.25) is 0 Å². The lowest BCUT2D eigenvalue weighted by atomic mass is 9.85. The van der Waals surface area contributed by atoms with Crippen LogP contribution in [0.4, 0.5) is 17.1 Å². The second-order valence-electron chi connectivity index (χ2n) is 8.61. The van der Waals surface area contributed by atoms with E-state index in [1.54, 1.807) is 0 Å². The summed E-state index contributed by atoms with van der Waals surface area (Å²) in [4.78, 5) is 9.17. The summed E-state index contributed by atoms with van der Waals surface area (Å²) in [5, 5.41) is 2.26. The Morgan fingerprint density at radius 2 is 1.22 bits per heavy atom. The molecule has 4 aromatic carbocycles. The first-order valence-electron chi connectivity index (χ1n) is 10.8. The van der Waals surface area contributed by atoms with E-state index in [1.807, 2.05) is 52.6 Å². The predicted octanol–water partition coefficient (Wildman–Crippen LogP) is 6.01. The SMILES string of the molecule is CN(C)c1ccc(C2(c3ccc(N(C)C)cc3)C=Nc3c(ccc4ccccc34)O2)cc1. The van der Waals surface area contributed by atoms with E-state index >= 15 is 0 Å². The first-order valence-corrected chi connectivity index (χ1v) is 10.8. The second-order valence-corrected chi connectivity index (χ2v) is 8.61. The van der Waals surface area contributed by atoms with E-state index in [2.05, 4.69) is 76.5 Å². The van der Waals surface area contributed by atoms with Gasteiger partial charge in [0.25, 0.3) is 0 Å². The largest absolute Gasteiger partial charge is 0.470 e. The summed E-state index contributed by atoms with van der Waals surface area (Å²) in [5.74, 6) is 0.791. The van der Waals surface area contributed by atoms with Crippen LogP contribution in [0.3, 0.4) is 0 Å². The summed E-state index contributed by atoms with van der Waals surface area (Å²) in [5.41, 5.74) is 4.46. The minimum Gasteiger partial charge on any atom is -0.470 e. The maximum Gasteiger partial charge on any atom is 0.194 e. The summed E-state index contributed by atoms with van der Waals surface area (Å²) in [6, 6.07) is 29.4. The lowest BCUT2D eigenvalue weighted by Crippen LogP contribution is -2.38. The molecule has 0 saturated heterocycles. The van der Waals surface area contributed by atoms with E-state index in [0.29, 0.717) is 0 Å². The quantitative estimate of drug-likeness (QED) is 0.404. The van der Waals surface area contributed by atoms with Crippen LogP contribution in [0, 0.1) is 0 Å². The van der Waals surface area contributed by atoms with Gasteiger partial charge in [0, 0.05) is 56.1 Å². The molecule has 0 spiro atoms. The van der Waals surface area contributed by atoms with Crippen molar-refractivity contribution in [2.75, 3.05) is 38.0 Å². The highest BCUT2D eigenvalue weighted by molar-refractivity contribution is 5.99. The molecule has 0 amide bonds. The third-order valence-electron chi connectivity index (χ3n) is 6.14. The topological polar surface area (TPSA) is 28.1 Å². The van der Waals surface area contributed by atoms with Gasteiger partial charge in [-0.05, 0) is 35.7 Å². The van der Waals surface area contributed by atoms with E-state index < -0.39 is 5.60 Å². The molecule has 0 bridgehead atoms. The molecule has 4 nitrogen and oxygen atoms in total. The number of ether oxygens (including phenoxy) is 1. The Balaban J connectivity index is 1.68. The van der Waals surface area contributed by atoms with Crippen LogP contribution in [0.15, 0.2) is 89.9 Å². The van der Waals surface area contributed by atoms with Crippen LogP contribution in [0.5, 0.6) is 5.75 Å². The van der Waals surface area contributed by atoms with Gasteiger partial charge in [-0.15, -0.1) is 0 Å². The molecule has 0 fully saturated rings. The molecule has 4 heteroatoms. The van der Waals surface area contributed by atoms with Gasteiger partial charge in [0.05, 0.1) is 6.21 Å². The van der Waals surface area contributed by atoms with Crippen molar-refractivity contribution >= 4 is 34.0 Å². The fourth-order valence-electron chi connectivity index (χ4n) is 4.25. The fourth-order valence-corrected chi connectivity index (χ4v) is 4.25. The molecule has 0 aliphatic carbocycles. The zero-order chi connectivity index (χ0) is 22.3. The van der Waals surface area contributed by atoms with Crippen molar-refractivity contribution in [3.63, 3.8) is 0 Å². The number of anilines is 2. The van der Waals surface area contributed by atoms with Gasteiger partial charge in [-0.2, -0.15) is 0 Å². The molecule has 32 heavy (non-hydrogen) atoms. The maximum absolute atomic E-state index is 6.82. The molecule has 5 rings (SSSR count). The number of aliphatic imine (C=N–C) groups is 1. The molecule has 0 saturated carbocycles. The van der Waals surface area contributed by atoms with Crippen LogP contribution >= 0.6 is 0 Å². The van der Waals surface area contributed by atoms with Gasteiger partial charge in [0.1, 0.15) is 11.4 Å². The molecule has 0 N–H and O–H groups in total. The zero-order valence-electron chi connectivity index (χ0n) is 18.9. The highest BCUT2D eigenvalue weighted by atomic mass is 16.5. The average Bonchev–Trinajstić information content (AvgIpc) is 2.83. The van der Waals surface area contributed by atoms with Crippen LogP contribution < -0.4 is 14.5 Å². The Morgan fingerprint density at radius 3 is 1.78 bits per heavy atom. The Morgan fingerprint density at radius 1 is 0.656 bits per heavy atom. The molecule has 0 radical (unpaired) electrons. The molecule has 1 aliphatic heterocycles. The van der Waals surface area contributed by atoms with Gasteiger partial charge in [0.15, 0.2) is 5.60 Å². The van der Waals surface area contributed by atoms with E-state index in [0.717, 1.165) is 44.7 Å². The van der Waals surface area contributed by atoms with Crippen molar-refractivity contribution < 1.29 is 4.74 Å². The minimum absolute atomic E-state index is 0.791. The first kappa shape index (κ1) is 20.1. The van der Waals surface area contributed by atoms with E-state index in [4.69, 9.17) is 9.73 Å². The van der Waals surface area contributed by atoms with Gasteiger partial charge >= 0.3 is 0 Å². The van der Waals surface area contributed by atoms with Crippen molar-refractivity contribution in [1.29, 1.82) is 0 Å². The van der Waals surface area contributed by atoms with Gasteiger partial charge in [0.2, 0.25) is 0 Å². The van der Waals surface area contributed by atoms with Crippen molar-refractivity contribution in [2.45, 2.75) is 5.60 Å². The highest BCUT2D eigenvalue weighted by Crippen LogP contribution is 2.45. The molecular weight excluding hydrogens is 394 g/mol. The van der Waals surface area contributed by atoms with E-state index in [1.165, 1.54) is 0 Å². The van der Waals surface area contributed by atoms with Crippen LogP contribution in [-0.4, -0.2) is 34.4 Å². The van der Waals surface area contributed by atoms with Crippen LogP contribution in [0.25, 0.3) is 10.8 Å². The Kier molecular flexibility index (Phi) is 4.86. The number of hydrogen-bond donors (Lipinski definition) is 0. The summed E-state index contributed by atoms with van der Waals surface area (Å²) in [6.07, 6.45) is 1.96. The second kappa shape index (κ2) is 7.72. The molecule has 4 aromatic rings. The van der Waals surface area contributed by atoms with Gasteiger partial charge in [-0.3, -0.25) is 4.99 Å². The highest BCUT2D eigenvalue weighted by Gasteiger charge is 2.38. The fraction of sp³-hybridized carbons (Fsp3) is 0.179. The maximum atomic E-state index is 6.82. The molecule has 1 aliphatic rings. The van der Waals surface area contributed by atoms with Gasteiger partial charge in [-0.1, -0.05) is 54.6 Å². The first-order chi connectivity index (χ1) is 15.5. The lowest BCUT2D eigenvalue weighted by molar-refractivity contribution is 0.187.